The van der Waals surface area contributed by atoms with Gasteiger partial charge in [-0.05, 0) is 60.7 Å². The smallest absolute Gasteiger partial charge is 0.337 e. The zero-order valence-electron chi connectivity index (χ0n) is 19.7. The van der Waals surface area contributed by atoms with Crippen molar-refractivity contribution >= 4 is 23.3 Å². The summed E-state index contributed by atoms with van der Waals surface area (Å²) in [6.07, 6.45) is 3.86. The van der Waals surface area contributed by atoms with Crippen LogP contribution in [0.1, 0.15) is 33.8 Å². The van der Waals surface area contributed by atoms with Crippen molar-refractivity contribution < 1.29 is 14.3 Å². The van der Waals surface area contributed by atoms with Gasteiger partial charge in [0.15, 0.2) is 5.11 Å². The Kier molecular flexibility index (Phi) is 7.08. The van der Waals surface area contributed by atoms with Gasteiger partial charge in [0, 0.05) is 50.0 Å². The van der Waals surface area contributed by atoms with E-state index in [0.29, 0.717) is 5.56 Å². The van der Waals surface area contributed by atoms with E-state index in [9.17, 15) is 4.79 Å². The summed E-state index contributed by atoms with van der Waals surface area (Å²) in [7, 11) is 1.39. The monoisotopic (exact) mass is 491 g/mol. The fraction of sp³-hybridized carbons (Fsp3) is 0.346. The molecule has 5 rings (SSSR count). The minimum absolute atomic E-state index is 0.0475. The zero-order valence-corrected chi connectivity index (χ0v) is 20.5. The second kappa shape index (κ2) is 10.6. The van der Waals surface area contributed by atoms with Crippen molar-refractivity contribution in [1.29, 1.82) is 0 Å². The number of morpholine rings is 1. The summed E-state index contributed by atoms with van der Waals surface area (Å²) in [4.78, 5) is 21.2. The van der Waals surface area contributed by atoms with Gasteiger partial charge in [-0.1, -0.05) is 6.07 Å². The van der Waals surface area contributed by atoms with Gasteiger partial charge in [0.25, 0.3) is 0 Å². The third-order valence-corrected chi connectivity index (χ3v) is 6.96. The van der Waals surface area contributed by atoms with Crippen LogP contribution in [0.3, 0.4) is 0 Å². The Bertz CT molecular complexity index is 1160. The molecule has 2 aliphatic heterocycles. The van der Waals surface area contributed by atoms with Crippen LogP contribution in [0.4, 0.5) is 0 Å². The van der Waals surface area contributed by atoms with Crippen molar-refractivity contribution in [2.45, 2.75) is 12.1 Å². The number of benzene rings is 1. The quantitative estimate of drug-likeness (QED) is 0.400. The molecule has 9 heteroatoms. The van der Waals surface area contributed by atoms with Crippen molar-refractivity contribution in [2.24, 2.45) is 0 Å². The van der Waals surface area contributed by atoms with E-state index in [1.54, 1.807) is 12.1 Å². The van der Waals surface area contributed by atoms with Gasteiger partial charge in [-0.3, -0.25) is 9.88 Å². The maximum atomic E-state index is 11.9. The van der Waals surface area contributed by atoms with Crippen molar-refractivity contribution in [3.8, 4) is 5.69 Å². The molecule has 2 fully saturated rings. The first kappa shape index (κ1) is 23.5. The first-order chi connectivity index (χ1) is 17.2. The van der Waals surface area contributed by atoms with Crippen molar-refractivity contribution in [3.05, 3.63) is 83.9 Å². The molecule has 0 spiro atoms. The molecular weight excluding hydrogens is 462 g/mol. The predicted molar refractivity (Wildman–Crippen MR) is 137 cm³/mol. The summed E-state index contributed by atoms with van der Waals surface area (Å²) >= 11 is 5.84. The third kappa shape index (κ3) is 4.93. The number of aromatic nitrogens is 2. The van der Waals surface area contributed by atoms with Gasteiger partial charge < -0.3 is 24.3 Å². The highest BCUT2D eigenvalue weighted by Gasteiger charge is 2.41. The number of pyridine rings is 1. The molecule has 0 saturated carbocycles. The summed E-state index contributed by atoms with van der Waals surface area (Å²) in [5.41, 5.74) is 3.53. The first-order valence-electron chi connectivity index (χ1n) is 11.8. The Morgan fingerprint density at radius 2 is 1.91 bits per heavy atom. The highest BCUT2D eigenvalue weighted by molar-refractivity contribution is 7.80. The topological polar surface area (TPSA) is 71.9 Å². The van der Waals surface area contributed by atoms with Crippen molar-refractivity contribution in [2.75, 3.05) is 46.5 Å². The largest absolute Gasteiger partial charge is 0.465 e. The molecule has 8 nitrogen and oxygen atoms in total. The Balaban J connectivity index is 1.48. The van der Waals surface area contributed by atoms with Crippen LogP contribution in [-0.2, 0) is 9.47 Å². The van der Waals surface area contributed by atoms with E-state index in [1.165, 1.54) is 7.11 Å². The molecule has 2 atom stereocenters. The predicted octanol–water partition coefficient (Wildman–Crippen LogP) is 2.96. The molecule has 3 aromatic rings. The second-order valence-corrected chi connectivity index (χ2v) is 9.00. The van der Waals surface area contributed by atoms with Gasteiger partial charge in [0.05, 0.1) is 43.7 Å². The molecule has 35 heavy (non-hydrogen) atoms. The number of rotatable bonds is 7. The fourth-order valence-corrected chi connectivity index (χ4v) is 5.12. The minimum atomic E-state index is -0.348. The Morgan fingerprint density at radius 3 is 2.63 bits per heavy atom. The second-order valence-electron chi connectivity index (χ2n) is 8.62. The molecule has 0 radical (unpaired) electrons. The number of hydrogen-bond donors (Lipinski definition) is 1. The molecule has 2 aliphatic rings. The van der Waals surface area contributed by atoms with Gasteiger partial charge in [-0.2, -0.15) is 0 Å². The van der Waals surface area contributed by atoms with Crippen molar-refractivity contribution in [3.63, 3.8) is 0 Å². The summed E-state index contributed by atoms with van der Waals surface area (Å²) in [5, 5.41) is 4.26. The number of nitrogens with zero attached hydrogens (tertiary/aromatic N) is 4. The lowest BCUT2D eigenvalue weighted by molar-refractivity contribution is 0.0349. The van der Waals surface area contributed by atoms with E-state index < -0.39 is 0 Å². The highest BCUT2D eigenvalue weighted by Crippen LogP contribution is 2.39. The molecule has 2 saturated heterocycles. The van der Waals surface area contributed by atoms with Gasteiger partial charge >= 0.3 is 5.97 Å². The number of methoxy groups -OCH3 is 1. The lowest BCUT2D eigenvalue weighted by Crippen LogP contribution is -2.42. The lowest BCUT2D eigenvalue weighted by atomic mass is 10.0. The molecule has 1 aromatic carbocycles. The zero-order chi connectivity index (χ0) is 24.2. The van der Waals surface area contributed by atoms with Crippen LogP contribution in [0.25, 0.3) is 5.69 Å². The minimum Gasteiger partial charge on any atom is -0.465 e. The van der Waals surface area contributed by atoms with Gasteiger partial charge in [-0.25, -0.2) is 4.79 Å². The summed E-state index contributed by atoms with van der Waals surface area (Å²) in [6, 6.07) is 17.5. The highest BCUT2D eigenvalue weighted by atomic mass is 32.1. The van der Waals surface area contributed by atoms with E-state index in [0.717, 1.165) is 61.6 Å². The van der Waals surface area contributed by atoms with E-state index in [2.05, 4.69) is 30.7 Å². The maximum Gasteiger partial charge on any atom is 0.337 e. The van der Waals surface area contributed by atoms with Gasteiger partial charge in [0.2, 0.25) is 0 Å². The van der Waals surface area contributed by atoms with Crippen LogP contribution >= 0.6 is 12.2 Å². The van der Waals surface area contributed by atoms with E-state index in [1.807, 2.05) is 48.8 Å². The number of carbonyl (C=O) groups is 1. The number of thiocarbonyl (C=S) groups is 1. The Morgan fingerprint density at radius 1 is 1.11 bits per heavy atom. The van der Waals surface area contributed by atoms with Crippen LogP contribution in [0, 0.1) is 0 Å². The van der Waals surface area contributed by atoms with Crippen LogP contribution < -0.4 is 5.32 Å². The average Bonchev–Trinajstić information content (AvgIpc) is 3.52. The van der Waals surface area contributed by atoms with E-state index >= 15 is 0 Å². The van der Waals surface area contributed by atoms with Crippen LogP contribution in [0.5, 0.6) is 0 Å². The molecule has 182 valence electrons. The normalized spacial score (nSPS) is 20.6. The molecule has 0 amide bonds. The summed E-state index contributed by atoms with van der Waals surface area (Å²) < 4.78 is 12.5. The Hall–Kier alpha value is -3.27. The SMILES string of the molecule is COC(=O)c1ccc(-n2cccc2C2C(c3ccccn3)NC(=S)N2CCN2CCOCC2)cc1. The fourth-order valence-electron chi connectivity index (χ4n) is 4.79. The first-order valence-corrected chi connectivity index (χ1v) is 12.2. The van der Waals surface area contributed by atoms with Gasteiger partial charge in [0.1, 0.15) is 0 Å². The number of nitrogens with one attached hydrogen (secondary N) is 1. The summed E-state index contributed by atoms with van der Waals surface area (Å²) in [6.45, 7) is 5.12. The molecule has 0 bridgehead atoms. The standard InChI is InChI=1S/C26H29N5O3S/c1-33-25(32)19-7-9-20(10-8-19)30-12-4-6-22(30)24-23(21-5-2-3-11-27-21)28-26(35)31(24)14-13-29-15-17-34-18-16-29/h2-12,23-24H,13-18H2,1H3,(H,28,35). The molecular formula is C26H29N5O3S. The average molecular weight is 492 g/mol. The van der Waals surface area contributed by atoms with E-state index in [4.69, 9.17) is 21.7 Å². The van der Waals surface area contributed by atoms with Crippen molar-refractivity contribution in [1.82, 2.24) is 24.7 Å². The number of carbonyl (C=O) groups excluding carboxylic acids is 1. The molecule has 2 unspecified atom stereocenters. The third-order valence-electron chi connectivity index (χ3n) is 6.61. The number of hydrogen-bond acceptors (Lipinski definition) is 6. The maximum absolute atomic E-state index is 11.9. The Labute approximate surface area is 210 Å². The number of ether oxygens (including phenoxy) is 2. The molecule has 4 heterocycles. The van der Waals surface area contributed by atoms with Crippen LogP contribution in [0.15, 0.2) is 67.0 Å². The number of esters is 1. The van der Waals surface area contributed by atoms with Crippen LogP contribution in [0.2, 0.25) is 0 Å². The molecule has 0 aliphatic carbocycles. The van der Waals surface area contributed by atoms with E-state index in [-0.39, 0.29) is 18.1 Å². The van der Waals surface area contributed by atoms with Gasteiger partial charge in [-0.15, -0.1) is 0 Å². The molecule has 1 N–H and O–H groups in total. The molecule has 2 aromatic heterocycles. The lowest BCUT2D eigenvalue weighted by Gasteiger charge is -2.32. The van der Waals surface area contributed by atoms with Crippen LogP contribution in [-0.4, -0.2) is 76.9 Å². The summed E-state index contributed by atoms with van der Waals surface area (Å²) in [5.74, 6) is -0.348.